The van der Waals surface area contributed by atoms with Crippen LogP contribution in [-0.4, -0.2) is 0 Å². The van der Waals surface area contributed by atoms with Gasteiger partial charge in [0.1, 0.15) is 25.4 Å². The van der Waals surface area contributed by atoms with E-state index in [0.29, 0.717) is 6.61 Å². The second-order valence-corrected chi connectivity index (χ2v) is 6.97. The summed E-state index contributed by atoms with van der Waals surface area (Å²) in [6.45, 7) is 6.80. The SMILES string of the molecule is C#Cc1ccc(COc2ccc(C[NH2+]Cc3cc(C)cc(C)c3)cc2)cc1. The molecule has 3 aromatic rings. The minimum absolute atomic E-state index is 0.545. The summed E-state index contributed by atoms with van der Waals surface area (Å²) in [7, 11) is 0. The number of hydrogen-bond donors (Lipinski definition) is 1. The van der Waals surface area contributed by atoms with Crippen molar-refractivity contribution in [2.24, 2.45) is 0 Å². The van der Waals surface area contributed by atoms with Gasteiger partial charge in [-0.05, 0) is 55.8 Å². The first-order chi connectivity index (χ1) is 13.1. The molecule has 0 aliphatic carbocycles. The van der Waals surface area contributed by atoms with Crippen LogP contribution in [0.1, 0.15) is 33.4 Å². The third kappa shape index (κ3) is 5.74. The van der Waals surface area contributed by atoms with Gasteiger partial charge in [-0.15, -0.1) is 6.42 Å². The van der Waals surface area contributed by atoms with Gasteiger partial charge < -0.3 is 10.1 Å². The second-order valence-electron chi connectivity index (χ2n) is 6.97. The van der Waals surface area contributed by atoms with Gasteiger partial charge in [-0.3, -0.25) is 0 Å². The number of rotatable bonds is 7. The molecule has 2 heteroatoms. The summed E-state index contributed by atoms with van der Waals surface area (Å²) >= 11 is 0. The van der Waals surface area contributed by atoms with Crippen molar-refractivity contribution in [3.8, 4) is 18.1 Å². The van der Waals surface area contributed by atoms with Crippen LogP contribution in [0.5, 0.6) is 5.75 Å². The molecule has 2 N–H and O–H groups in total. The fraction of sp³-hybridized carbons (Fsp3) is 0.200. The fourth-order valence-corrected chi connectivity index (χ4v) is 3.18. The van der Waals surface area contributed by atoms with Gasteiger partial charge in [-0.1, -0.05) is 47.4 Å². The Morgan fingerprint density at radius 2 is 1.37 bits per heavy atom. The fourth-order valence-electron chi connectivity index (χ4n) is 3.18. The summed E-state index contributed by atoms with van der Waals surface area (Å²) in [5.41, 5.74) is 7.33. The van der Waals surface area contributed by atoms with Crippen LogP contribution in [0.3, 0.4) is 0 Å². The first-order valence-electron chi connectivity index (χ1n) is 9.28. The van der Waals surface area contributed by atoms with E-state index in [9.17, 15) is 0 Å². The Hall–Kier alpha value is -3.02. The quantitative estimate of drug-likeness (QED) is 0.633. The minimum Gasteiger partial charge on any atom is -0.489 e. The Labute approximate surface area is 162 Å². The number of ether oxygens (including phenoxy) is 1. The molecule has 2 nitrogen and oxygen atoms in total. The highest BCUT2D eigenvalue weighted by atomic mass is 16.5. The topological polar surface area (TPSA) is 25.8 Å². The number of aryl methyl sites for hydroxylation is 2. The van der Waals surface area contributed by atoms with Crippen molar-refractivity contribution in [3.63, 3.8) is 0 Å². The summed E-state index contributed by atoms with van der Waals surface area (Å²) in [4.78, 5) is 0. The normalized spacial score (nSPS) is 10.4. The molecular weight excluding hydrogens is 330 g/mol. The van der Waals surface area contributed by atoms with Gasteiger partial charge in [0.05, 0.1) is 0 Å². The Kier molecular flexibility index (Phi) is 6.30. The summed E-state index contributed by atoms with van der Waals surface area (Å²) in [5.74, 6) is 3.51. The van der Waals surface area contributed by atoms with Crippen molar-refractivity contribution in [1.29, 1.82) is 0 Å². The van der Waals surface area contributed by atoms with Crippen molar-refractivity contribution in [1.82, 2.24) is 0 Å². The van der Waals surface area contributed by atoms with Crippen LogP contribution in [0.2, 0.25) is 0 Å². The van der Waals surface area contributed by atoms with E-state index < -0.39 is 0 Å². The van der Waals surface area contributed by atoms with E-state index in [-0.39, 0.29) is 0 Å². The maximum absolute atomic E-state index is 5.86. The molecule has 0 unspecified atom stereocenters. The average molecular weight is 356 g/mol. The van der Waals surface area contributed by atoms with Crippen LogP contribution in [0.4, 0.5) is 0 Å². The van der Waals surface area contributed by atoms with E-state index in [2.05, 4.69) is 55.4 Å². The maximum Gasteiger partial charge on any atom is 0.119 e. The molecule has 3 rings (SSSR count). The minimum atomic E-state index is 0.545. The standard InChI is InChI=1S/C25H25NO/c1-4-21-5-7-23(8-6-21)18-27-25-11-9-22(10-12-25)16-26-17-24-14-19(2)13-20(3)15-24/h1,5-15,26H,16-18H2,2-3H3/p+1. The van der Waals surface area contributed by atoms with E-state index in [1.807, 2.05) is 36.4 Å². The summed E-state index contributed by atoms with van der Waals surface area (Å²) in [6, 6.07) is 23.0. The van der Waals surface area contributed by atoms with Crippen LogP contribution in [0.25, 0.3) is 0 Å². The van der Waals surface area contributed by atoms with Crippen molar-refractivity contribution in [2.75, 3.05) is 0 Å². The summed E-state index contributed by atoms with van der Waals surface area (Å²) < 4.78 is 5.86. The maximum atomic E-state index is 5.86. The largest absolute Gasteiger partial charge is 0.489 e. The smallest absolute Gasteiger partial charge is 0.119 e. The van der Waals surface area contributed by atoms with Crippen LogP contribution in [0, 0.1) is 26.2 Å². The molecule has 0 bridgehead atoms. The molecule has 0 aliphatic heterocycles. The lowest BCUT2D eigenvalue weighted by Gasteiger charge is -2.08. The molecule has 0 aromatic heterocycles. The molecular formula is C25H26NO+. The van der Waals surface area contributed by atoms with Gasteiger partial charge in [0.2, 0.25) is 0 Å². The zero-order chi connectivity index (χ0) is 19.1. The monoisotopic (exact) mass is 356 g/mol. The van der Waals surface area contributed by atoms with Gasteiger partial charge >= 0.3 is 0 Å². The summed E-state index contributed by atoms with van der Waals surface area (Å²) in [6.07, 6.45) is 5.38. The van der Waals surface area contributed by atoms with Gasteiger partial charge in [0.25, 0.3) is 0 Å². The molecule has 136 valence electrons. The van der Waals surface area contributed by atoms with Gasteiger partial charge in [-0.25, -0.2) is 0 Å². The molecule has 0 atom stereocenters. The first-order valence-corrected chi connectivity index (χ1v) is 9.28. The number of nitrogens with two attached hydrogens (primary N) is 1. The first kappa shape index (κ1) is 18.8. The van der Waals surface area contributed by atoms with Gasteiger partial charge in [-0.2, -0.15) is 0 Å². The van der Waals surface area contributed by atoms with E-state index >= 15 is 0 Å². The average Bonchev–Trinajstić information content (AvgIpc) is 2.67. The molecule has 3 aromatic carbocycles. The molecule has 0 radical (unpaired) electrons. The lowest BCUT2D eigenvalue weighted by molar-refractivity contribution is -0.686. The van der Waals surface area contributed by atoms with Crippen molar-refractivity contribution < 1.29 is 10.1 Å². The van der Waals surface area contributed by atoms with E-state index in [1.165, 1.54) is 22.3 Å². The number of terminal acetylenes is 1. The number of benzene rings is 3. The zero-order valence-electron chi connectivity index (χ0n) is 16.0. The Morgan fingerprint density at radius 3 is 2.00 bits per heavy atom. The number of quaternary nitrogens is 1. The van der Waals surface area contributed by atoms with E-state index in [0.717, 1.165) is 30.0 Å². The third-order valence-electron chi connectivity index (χ3n) is 4.49. The molecule has 0 saturated heterocycles. The van der Waals surface area contributed by atoms with Crippen LogP contribution in [-0.2, 0) is 19.7 Å². The van der Waals surface area contributed by atoms with Gasteiger partial charge in [0.15, 0.2) is 0 Å². The predicted octanol–water partition coefficient (Wildman–Crippen LogP) is 4.13. The third-order valence-corrected chi connectivity index (χ3v) is 4.49. The Morgan fingerprint density at radius 1 is 0.778 bits per heavy atom. The molecule has 0 aliphatic rings. The number of hydrogen-bond acceptors (Lipinski definition) is 1. The van der Waals surface area contributed by atoms with Crippen molar-refractivity contribution in [2.45, 2.75) is 33.5 Å². The van der Waals surface area contributed by atoms with Crippen LogP contribution in [0.15, 0.2) is 66.7 Å². The molecule has 27 heavy (non-hydrogen) atoms. The predicted molar refractivity (Wildman–Crippen MR) is 110 cm³/mol. The molecule has 0 heterocycles. The highest BCUT2D eigenvalue weighted by molar-refractivity contribution is 5.34. The zero-order valence-corrected chi connectivity index (χ0v) is 16.0. The molecule has 0 fully saturated rings. The Balaban J connectivity index is 1.47. The lowest BCUT2D eigenvalue weighted by Crippen LogP contribution is -2.80. The van der Waals surface area contributed by atoms with Crippen molar-refractivity contribution >= 4 is 0 Å². The highest BCUT2D eigenvalue weighted by Gasteiger charge is 2.01. The van der Waals surface area contributed by atoms with E-state index in [4.69, 9.17) is 11.2 Å². The van der Waals surface area contributed by atoms with Crippen LogP contribution >= 0.6 is 0 Å². The highest BCUT2D eigenvalue weighted by Crippen LogP contribution is 2.14. The molecule has 0 amide bonds. The van der Waals surface area contributed by atoms with Crippen molar-refractivity contribution in [3.05, 3.63) is 100 Å². The van der Waals surface area contributed by atoms with Crippen LogP contribution < -0.4 is 10.1 Å². The molecule has 0 spiro atoms. The molecule has 0 saturated carbocycles. The summed E-state index contributed by atoms with van der Waals surface area (Å²) in [5, 5.41) is 2.33. The Bertz CT molecular complexity index is 898. The lowest BCUT2D eigenvalue weighted by atomic mass is 10.1. The van der Waals surface area contributed by atoms with E-state index in [1.54, 1.807) is 0 Å². The van der Waals surface area contributed by atoms with Gasteiger partial charge in [0, 0.05) is 16.7 Å². The second kappa shape index (κ2) is 9.07.